The third-order valence-corrected chi connectivity index (χ3v) is 3.64. The number of hydrogen-bond acceptors (Lipinski definition) is 1. The molecule has 0 amide bonds. The van der Waals surface area contributed by atoms with Gasteiger partial charge in [0.15, 0.2) is 0 Å². The minimum atomic E-state index is -4.36. The second kappa shape index (κ2) is 6.08. The van der Waals surface area contributed by atoms with Crippen LogP contribution < -0.4 is 5.73 Å². The number of rotatable bonds is 3. The Bertz CT molecular complexity index is 638. The van der Waals surface area contributed by atoms with E-state index in [1.165, 1.54) is 6.07 Å². The molecule has 0 spiro atoms. The largest absolute Gasteiger partial charge is 0.416 e. The highest BCUT2D eigenvalue weighted by Gasteiger charge is 2.30. The van der Waals surface area contributed by atoms with Crippen LogP contribution in [0.4, 0.5) is 13.2 Å². The van der Waals surface area contributed by atoms with Crippen molar-refractivity contribution in [3.8, 4) is 0 Å². The van der Waals surface area contributed by atoms with Crippen LogP contribution in [0.1, 0.15) is 28.3 Å². The van der Waals surface area contributed by atoms with Gasteiger partial charge < -0.3 is 5.73 Å². The van der Waals surface area contributed by atoms with Crippen LogP contribution >= 0.6 is 11.6 Å². The van der Waals surface area contributed by atoms with Crippen molar-refractivity contribution in [2.75, 3.05) is 0 Å². The van der Waals surface area contributed by atoms with Crippen molar-refractivity contribution in [2.45, 2.75) is 25.6 Å². The minimum Gasteiger partial charge on any atom is -0.324 e. The topological polar surface area (TPSA) is 26.0 Å². The maximum absolute atomic E-state index is 12.7. The van der Waals surface area contributed by atoms with Gasteiger partial charge in [0.2, 0.25) is 0 Å². The Morgan fingerprint density at radius 1 is 1.14 bits per heavy atom. The SMILES string of the molecule is Cc1ccc(CC(N)c2cccc(C(F)(F)F)c2)c(Cl)c1. The highest BCUT2D eigenvalue weighted by atomic mass is 35.5. The molecule has 0 saturated heterocycles. The molecule has 0 heterocycles. The summed E-state index contributed by atoms with van der Waals surface area (Å²) in [4.78, 5) is 0. The smallest absolute Gasteiger partial charge is 0.324 e. The third kappa shape index (κ3) is 3.99. The van der Waals surface area contributed by atoms with E-state index in [2.05, 4.69) is 0 Å². The van der Waals surface area contributed by atoms with Crippen molar-refractivity contribution >= 4 is 11.6 Å². The first kappa shape index (κ1) is 15.9. The summed E-state index contributed by atoms with van der Waals surface area (Å²) in [6, 6.07) is 10.1. The Balaban J connectivity index is 2.22. The first-order chi connectivity index (χ1) is 9.77. The van der Waals surface area contributed by atoms with Gasteiger partial charge in [0.1, 0.15) is 0 Å². The first-order valence-corrected chi connectivity index (χ1v) is 6.83. The molecule has 1 unspecified atom stereocenters. The van der Waals surface area contributed by atoms with Gasteiger partial charge in [-0.15, -0.1) is 0 Å². The molecule has 0 bridgehead atoms. The number of nitrogens with two attached hydrogens (primary N) is 1. The molecule has 0 aliphatic carbocycles. The number of hydrogen-bond donors (Lipinski definition) is 1. The van der Waals surface area contributed by atoms with E-state index in [9.17, 15) is 13.2 Å². The van der Waals surface area contributed by atoms with Crippen LogP contribution in [0.25, 0.3) is 0 Å². The van der Waals surface area contributed by atoms with Gasteiger partial charge in [0.05, 0.1) is 5.56 Å². The van der Waals surface area contributed by atoms with Crippen LogP contribution in [0.5, 0.6) is 0 Å². The van der Waals surface area contributed by atoms with E-state index >= 15 is 0 Å². The number of aryl methyl sites for hydroxylation is 1. The van der Waals surface area contributed by atoms with Crippen LogP contribution in [-0.4, -0.2) is 0 Å². The molecule has 2 N–H and O–H groups in total. The molecule has 0 radical (unpaired) electrons. The molecule has 0 aromatic heterocycles. The summed E-state index contributed by atoms with van der Waals surface area (Å²) in [5, 5.41) is 0.581. The third-order valence-electron chi connectivity index (χ3n) is 3.29. The zero-order valence-corrected chi connectivity index (χ0v) is 12.2. The van der Waals surface area contributed by atoms with Crippen molar-refractivity contribution in [2.24, 2.45) is 5.73 Å². The Morgan fingerprint density at radius 2 is 1.86 bits per heavy atom. The number of alkyl halides is 3. The van der Waals surface area contributed by atoms with Crippen LogP contribution in [0.3, 0.4) is 0 Å². The van der Waals surface area contributed by atoms with E-state index in [1.807, 2.05) is 25.1 Å². The standard InChI is InChI=1S/C16H15ClF3N/c1-10-5-6-11(14(17)7-10)9-15(21)12-3-2-4-13(8-12)16(18,19)20/h2-8,15H,9,21H2,1H3. The fourth-order valence-corrected chi connectivity index (χ4v) is 2.43. The Kier molecular flexibility index (Phi) is 4.59. The maximum Gasteiger partial charge on any atom is 0.416 e. The molecule has 0 saturated carbocycles. The van der Waals surface area contributed by atoms with E-state index in [1.54, 1.807) is 6.07 Å². The molecular weight excluding hydrogens is 299 g/mol. The molecule has 5 heteroatoms. The molecule has 0 fully saturated rings. The van der Waals surface area contributed by atoms with Gasteiger partial charge in [0.25, 0.3) is 0 Å². The van der Waals surface area contributed by atoms with E-state index in [-0.39, 0.29) is 0 Å². The molecular formula is C16H15ClF3N. The van der Waals surface area contributed by atoms with Gasteiger partial charge in [-0.05, 0) is 48.2 Å². The van der Waals surface area contributed by atoms with E-state index in [0.29, 0.717) is 17.0 Å². The predicted octanol–water partition coefficient (Wildman–Crippen LogP) is 4.91. The van der Waals surface area contributed by atoms with Crippen molar-refractivity contribution in [3.05, 3.63) is 69.7 Å². The summed E-state index contributed by atoms with van der Waals surface area (Å²) in [5.41, 5.74) is 7.63. The normalized spacial score (nSPS) is 13.2. The van der Waals surface area contributed by atoms with Gasteiger partial charge in [-0.25, -0.2) is 0 Å². The van der Waals surface area contributed by atoms with Gasteiger partial charge >= 0.3 is 6.18 Å². The minimum absolute atomic E-state index is 0.389. The Hall–Kier alpha value is -1.52. The predicted molar refractivity (Wildman–Crippen MR) is 78.3 cm³/mol. The van der Waals surface area contributed by atoms with E-state index in [0.717, 1.165) is 23.3 Å². The lowest BCUT2D eigenvalue weighted by Crippen LogP contribution is -2.15. The van der Waals surface area contributed by atoms with Gasteiger partial charge in [-0.2, -0.15) is 13.2 Å². The summed E-state index contributed by atoms with van der Waals surface area (Å²) >= 11 is 6.13. The second-order valence-corrected chi connectivity index (χ2v) is 5.44. The summed E-state index contributed by atoms with van der Waals surface area (Å²) in [6.07, 6.45) is -3.97. The molecule has 112 valence electrons. The van der Waals surface area contributed by atoms with Crippen molar-refractivity contribution in [1.82, 2.24) is 0 Å². The van der Waals surface area contributed by atoms with Gasteiger partial charge in [-0.1, -0.05) is 35.9 Å². The molecule has 0 aliphatic heterocycles. The summed E-state index contributed by atoms with van der Waals surface area (Å²) in [7, 11) is 0. The number of benzene rings is 2. The van der Waals surface area contributed by atoms with Gasteiger partial charge in [0, 0.05) is 11.1 Å². The number of halogens is 4. The molecule has 2 rings (SSSR count). The van der Waals surface area contributed by atoms with E-state index in [4.69, 9.17) is 17.3 Å². The molecule has 21 heavy (non-hydrogen) atoms. The maximum atomic E-state index is 12.7. The Morgan fingerprint density at radius 3 is 2.48 bits per heavy atom. The first-order valence-electron chi connectivity index (χ1n) is 6.45. The lowest BCUT2D eigenvalue weighted by Gasteiger charge is -2.15. The zero-order valence-electron chi connectivity index (χ0n) is 11.4. The summed E-state index contributed by atoms with van der Waals surface area (Å²) in [6.45, 7) is 1.92. The fraction of sp³-hybridized carbons (Fsp3) is 0.250. The second-order valence-electron chi connectivity index (χ2n) is 5.03. The average molecular weight is 314 g/mol. The van der Waals surface area contributed by atoms with Crippen LogP contribution in [-0.2, 0) is 12.6 Å². The van der Waals surface area contributed by atoms with Gasteiger partial charge in [-0.3, -0.25) is 0 Å². The Labute approximate surface area is 126 Å². The van der Waals surface area contributed by atoms with Crippen molar-refractivity contribution in [3.63, 3.8) is 0 Å². The van der Waals surface area contributed by atoms with E-state index < -0.39 is 17.8 Å². The van der Waals surface area contributed by atoms with Crippen LogP contribution in [0, 0.1) is 6.92 Å². The summed E-state index contributed by atoms with van der Waals surface area (Å²) in [5.74, 6) is 0. The monoisotopic (exact) mass is 313 g/mol. The zero-order chi connectivity index (χ0) is 15.6. The summed E-state index contributed by atoms with van der Waals surface area (Å²) < 4.78 is 38.1. The molecule has 2 aromatic rings. The lowest BCUT2D eigenvalue weighted by atomic mass is 9.97. The lowest BCUT2D eigenvalue weighted by molar-refractivity contribution is -0.137. The molecule has 1 nitrogen and oxygen atoms in total. The average Bonchev–Trinajstić information content (AvgIpc) is 2.41. The molecule has 0 aliphatic rings. The quantitative estimate of drug-likeness (QED) is 0.856. The molecule has 1 atom stereocenters. The fourth-order valence-electron chi connectivity index (χ4n) is 2.12. The van der Waals surface area contributed by atoms with Crippen LogP contribution in [0.15, 0.2) is 42.5 Å². The van der Waals surface area contributed by atoms with Crippen LogP contribution in [0.2, 0.25) is 5.02 Å². The molecule has 2 aromatic carbocycles. The highest BCUT2D eigenvalue weighted by molar-refractivity contribution is 6.31. The highest BCUT2D eigenvalue weighted by Crippen LogP contribution is 2.31. The van der Waals surface area contributed by atoms with Crippen molar-refractivity contribution in [1.29, 1.82) is 0 Å². The van der Waals surface area contributed by atoms with Crippen molar-refractivity contribution < 1.29 is 13.2 Å².